The Labute approximate surface area is 116 Å². The third-order valence-electron chi connectivity index (χ3n) is 3.71. The molecule has 0 spiro atoms. The van der Waals surface area contributed by atoms with Crippen LogP contribution in [0.1, 0.15) is 31.7 Å². The third-order valence-corrected chi connectivity index (χ3v) is 3.71. The van der Waals surface area contributed by atoms with Crippen LogP contribution < -0.4 is 5.32 Å². The van der Waals surface area contributed by atoms with Gasteiger partial charge in [0, 0.05) is 12.3 Å². The molecule has 3 rings (SSSR count). The number of cyclic esters (lactones) is 1. The number of phenolic OH excluding ortho intramolecular Hbond substituents is 1. The fourth-order valence-corrected chi connectivity index (χ4v) is 2.80. The number of rotatable bonds is 1. The van der Waals surface area contributed by atoms with Crippen LogP contribution in [0.4, 0.5) is 0 Å². The molecule has 2 aliphatic rings. The van der Waals surface area contributed by atoms with Gasteiger partial charge in [-0.25, -0.2) is 4.79 Å². The number of ether oxygens (including phenoxy) is 1. The first kappa shape index (κ1) is 12.7. The van der Waals surface area contributed by atoms with Gasteiger partial charge in [-0.15, -0.1) is 0 Å². The van der Waals surface area contributed by atoms with Gasteiger partial charge in [0.2, 0.25) is 5.91 Å². The molecule has 0 bridgehead atoms. The van der Waals surface area contributed by atoms with Crippen LogP contribution >= 0.6 is 0 Å². The molecule has 2 heterocycles. The smallest absolute Gasteiger partial charge is 0.337 e. The molecule has 5 heteroatoms. The lowest BCUT2D eigenvalue weighted by Crippen LogP contribution is -2.38. The van der Waals surface area contributed by atoms with Gasteiger partial charge < -0.3 is 15.2 Å². The van der Waals surface area contributed by atoms with Crippen molar-refractivity contribution < 1.29 is 19.4 Å². The lowest BCUT2D eigenvalue weighted by atomic mass is 9.83. The zero-order chi connectivity index (χ0) is 14.5. The second-order valence-electron chi connectivity index (χ2n) is 5.59. The van der Waals surface area contributed by atoms with E-state index in [0.717, 1.165) is 5.56 Å². The summed E-state index contributed by atoms with van der Waals surface area (Å²) in [6, 6.07) is 6.63. The second-order valence-corrected chi connectivity index (χ2v) is 5.59. The monoisotopic (exact) mass is 273 g/mol. The van der Waals surface area contributed by atoms with Crippen LogP contribution in [0.25, 0.3) is 0 Å². The molecule has 0 aromatic heterocycles. The number of carbonyl (C=O) groups is 2. The highest BCUT2D eigenvalue weighted by Crippen LogP contribution is 2.42. The average Bonchev–Trinajstić information content (AvgIpc) is 2.59. The van der Waals surface area contributed by atoms with Crippen molar-refractivity contribution in [1.82, 2.24) is 5.32 Å². The van der Waals surface area contributed by atoms with E-state index in [4.69, 9.17) is 4.74 Å². The first-order valence-corrected chi connectivity index (χ1v) is 6.45. The quantitative estimate of drug-likeness (QED) is 0.762. The zero-order valence-corrected chi connectivity index (χ0v) is 11.3. The molecule has 104 valence electrons. The van der Waals surface area contributed by atoms with Crippen LogP contribution in [0.5, 0.6) is 5.75 Å². The molecule has 0 aliphatic carbocycles. The highest BCUT2D eigenvalue weighted by atomic mass is 16.6. The third kappa shape index (κ3) is 1.86. The van der Waals surface area contributed by atoms with Crippen molar-refractivity contribution >= 4 is 11.9 Å². The SMILES string of the molecule is CC1(C)OC(=O)C2=C1NC(=O)C[C@@H]2c1cccc(O)c1. The molecule has 2 N–H and O–H groups in total. The topological polar surface area (TPSA) is 75.6 Å². The Morgan fingerprint density at radius 3 is 2.80 bits per heavy atom. The van der Waals surface area contributed by atoms with Crippen LogP contribution in [0.2, 0.25) is 0 Å². The number of nitrogens with one attached hydrogen (secondary N) is 1. The van der Waals surface area contributed by atoms with E-state index < -0.39 is 11.6 Å². The molecule has 0 saturated carbocycles. The molecule has 0 saturated heterocycles. The largest absolute Gasteiger partial charge is 0.508 e. The van der Waals surface area contributed by atoms with E-state index in [9.17, 15) is 14.7 Å². The van der Waals surface area contributed by atoms with Crippen LogP contribution in [-0.4, -0.2) is 22.6 Å². The Morgan fingerprint density at radius 1 is 1.35 bits per heavy atom. The number of hydrogen-bond donors (Lipinski definition) is 2. The Hall–Kier alpha value is -2.30. The van der Waals surface area contributed by atoms with Crippen molar-refractivity contribution in [2.24, 2.45) is 0 Å². The van der Waals surface area contributed by atoms with Gasteiger partial charge in [0.05, 0.1) is 11.3 Å². The fourth-order valence-electron chi connectivity index (χ4n) is 2.80. The summed E-state index contributed by atoms with van der Waals surface area (Å²) in [5.74, 6) is -0.816. The minimum absolute atomic E-state index is 0.112. The van der Waals surface area contributed by atoms with Gasteiger partial charge >= 0.3 is 5.97 Å². The van der Waals surface area contributed by atoms with Gasteiger partial charge in [0.25, 0.3) is 0 Å². The average molecular weight is 273 g/mol. The van der Waals surface area contributed by atoms with E-state index in [1.807, 2.05) is 0 Å². The van der Waals surface area contributed by atoms with Gasteiger partial charge in [-0.1, -0.05) is 12.1 Å². The molecular weight excluding hydrogens is 258 g/mol. The predicted octanol–water partition coefficient (Wildman–Crippen LogP) is 1.59. The maximum absolute atomic E-state index is 12.1. The van der Waals surface area contributed by atoms with Crippen LogP contribution in [0.3, 0.4) is 0 Å². The van der Waals surface area contributed by atoms with Gasteiger partial charge in [-0.2, -0.15) is 0 Å². The molecule has 1 aromatic rings. The van der Waals surface area contributed by atoms with E-state index >= 15 is 0 Å². The minimum atomic E-state index is -0.822. The first-order chi connectivity index (χ1) is 9.38. The fraction of sp³-hybridized carbons (Fsp3) is 0.333. The molecule has 1 amide bonds. The number of amides is 1. The Kier molecular flexibility index (Phi) is 2.61. The van der Waals surface area contributed by atoms with Crippen LogP contribution in [-0.2, 0) is 14.3 Å². The van der Waals surface area contributed by atoms with Crippen molar-refractivity contribution in [3.05, 3.63) is 41.1 Å². The van der Waals surface area contributed by atoms with Crippen molar-refractivity contribution in [3.8, 4) is 5.75 Å². The lowest BCUT2D eigenvalue weighted by Gasteiger charge is -2.27. The Bertz CT molecular complexity index is 645. The second kappa shape index (κ2) is 4.10. The van der Waals surface area contributed by atoms with Gasteiger partial charge in [0.1, 0.15) is 11.4 Å². The number of hydrogen-bond acceptors (Lipinski definition) is 4. The zero-order valence-electron chi connectivity index (χ0n) is 11.3. The number of benzene rings is 1. The van der Waals surface area contributed by atoms with E-state index in [2.05, 4.69) is 5.32 Å². The highest BCUT2D eigenvalue weighted by molar-refractivity contribution is 5.99. The summed E-state index contributed by atoms with van der Waals surface area (Å²) >= 11 is 0. The van der Waals surface area contributed by atoms with E-state index in [-0.39, 0.29) is 24.0 Å². The van der Waals surface area contributed by atoms with Crippen molar-refractivity contribution in [3.63, 3.8) is 0 Å². The molecule has 1 atom stereocenters. The number of aromatic hydroxyl groups is 1. The molecule has 0 radical (unpaired) electrons. The maximum Gasteiger partial charge on any atom is 0.337 e. The number of carbonyl (C=O) groups excluding carboxylic acids is 2. The molecule has 1 aromatic carbocycles. The molecule has 5 nitrogen and oxygen atoms in total. The first-order valence-electron chi connectivity index (χ1n) is 6.45. The summed E-state index contributed by atoms with van der Waals surface area (Å²) in [6.07, 6.45) is 0.174. The maximum atomic E-state index is 12.1. The van der Waals surface area contributed by atoms with Crippen molar-refractivity contribution in [1.29, 1.82) is 0 Å². The lowest BCUT2D eigenvalue weighted by molar-refractivity contribution is -0.144. The molecule has 0 fully saturated rings. The summed E-state index contributed by atoms with van der Waals surface area (Å²) in [5.41, 5.74) is 0.937. The number of phenols is 1. The molecule has 2 aliphatic heterocycles. The summed E-state index contributed by atoms with van der Waals surface area (Å²) in [4.78, 5) is 24.0. The van der Waals surface area contributed by atoms with Crippen molar-refractivity contribution in [2.75, 3.05) is 0 Å². The van der Waals surface area contributed by atoms with Gasteiger partial charge in [-0.05, 0) is 31.5 Å². The van der Waals surface area contributed by atoms with Crippen LogP contribution in [0.15, 0.2) is 35.5 Å². The highest BCUT2D eigenvalue weighted by Gasteiger charge is 2.47. The number of esters is 1. The predicted molar refractivity (Wildman–Crippen MR) is 70.8 cm³/mol. The summed E-state index contributed by atoms with van der Waals surface area (Å²) < 4.78 is 5.34. The Morgan fingerprint density at radius 2 is 2.10 bits per heavy atom. The Balaban J connectivity index is 2.13. The normalized spacial score (nSPS) is 24.2. The molecule has 20 heavy (non-hydrogen) atoms. The molecular formula is C15H15NO4. The summed E-state index contributed by atoms with van der Waals surface area (Å²) in [5, 5.41) is 12.3. The van der Waals surface area contributed by atoms with E-state index in [0.29, 0.717) is 11.3 Å². The molecule has 0 unspecified atom stereocenters. The minimum Gasteiger partial charge on any atom is -0.508 e. The van der Waals surface area contributed by atoms with E-state index in [1.54, 1.807) is 38.1 Å². The van der Waals surface area contributed by atoms with E-state index in [1.165, 1.54) is 0 Å². The van der Waals surface area contributed by atoms with Gasteiger partial charge in [-0.3, -0.25) is 4.79 Å². The summed E-state index contributed by atoms with van der Waals surface area (Å²) in [6.45, 7) is 3.50. The van der Waals surface area contributed by atoms with Gasteiger partial charge in [0.15, 0.2) is 0 Å². The van der Waals surface area contributed by atoms with Crippen LogP contribution in [0, 0.1) is 0 Å². The standard InChI is InChI=1S/C15H15NO4/c1-15(2)13-12(14(19)20-15)10(7-11(18)16-13)8-4-3-5-9(17)6-8/h3-6,10,17H,7H2,1-2H3,(H,16,18)/t10-/m1/s1. The van der Waals surface area contributed by atoms with Crippen molar-refractivity contribution in [2.45, 2.75) is 31.8 Å². The summed E-state index contributed by atoms with van der Waals surface area (Å²) in [7, 11) is 0.